The number of piperidine rings is 1. The van der Waals surface area contributed by atoms with E-state index in [9.17, 15) is 9.59 Å². The number of nitrogens with zero attached hydrogens (tertiary/aromatic N) is 3. The third kappa shape index (κ3) is 3.14. The fraction of sp³-hybridized carbons (Fsp3) is 0.500. The predicted molar refractivity (Wildman–Crippen MR) is 82.0 cm³/mol. The molecule has 3 rings (SSSR count). The fourth-order valence-corrected chi connectivity index (χ4v) is 3.26. The maximum atomic E-state index is 12.2. The molecule has 1 aliphatic rings. The number of hydrogen-bond acceptors (Lipinski definition) is 5. The van der Waals surface area contributed by atoms with Crippen LogP contribution in [0, 0.1) is 0 Å². The molecule has 0 bridgehead atoms. The summed E-state index contributed by atoms with van der Waals surface area (Å²) in [7, 11) is 0. The third-order valence-corrected chi connectivity index (χ3v) is 4.52. The topological polar surface area (TPSA) is 66.7 Å². The summed E-state index contributed by atoms with van der Waals surface area (Å²) >= 11 is 1.37. The number of amides is 1. The number of thiazole rings is 1. The van der Waals surface area contributed by atoms with E-state index in [2.05, 4.69) is 15.2 Å². The lowest BCUT2D eigenvalue weighted by Crippen LogP contribution is -2.39. The molecule has 21 heavy (non-hydrogen) atoms. The first kappa shape index (κ1) is 14.2. The Hall–Kier alpha value is -1.73. The molecule has 1 N–H and O–H groups in total. The maximum absolute atomic E-state index is 12.2. The Bertz CT molecular complexity index is 688. The van der Waals surface area contributed by atoms with Gasteiger partial charge in [0.25, 0.3) is 11.5 Å². The molecule has 0 aromatic carbocycles. The quantitative estimate of drug-likeness (QED) is 0.914. The van der Waals surface area contributed by atoms with Gasteiger partial charge >= 0.3 is 0 Å². The molecule has 112 valence electrons. The molecule has 3 heterocycles. The molecule has 0 saturated carbocycles. The minimum absolute atomic E-state index is 0.101. The molecule has 0 spiro atoms. The zero-order valence-electron chi connectivity index (χ0n) is 11.7. The zero-order chi connectivity index (χ0) is 14.7. The van der Waals surface area contributed by atoms with Crippen LogP contribution in [0.5, 0.6) is 0 Å². The van der Waals surface area contributed by atoms with E-state index >= 15 is 0 Å². The number of carbonyl (C=O) groups is 1. The number of nitrogens with one attached hydrogen (secondary N) is 1. The molecule has 7 heteroatoms. The van der Waals surface area contributed by atoms with E-state index in [1.165, 1.54) is 41.2 Å². The zero-order valence-corrected chi connectivity index (χ0v) is 12.6. The van der Waals surface area contributed by atoms with Gasteiger partial charge < -0.3 is 10.2 Å². The van der Waals surface area contributed by atoms with E-state index in [0.717, 1.165) is 19.6 Å². The van der Waals surface area contributed by atoms with Crippen molar-refractivity contribution in [3.63, 3.8) is 0 Å². The average Bonchev–Trinajstić information content (AvgIpc) is 2.98. The SMILES string of the molecule is O=C(NCCN1CCCCC1)c1cnc2sccn2c1=O. The molecule has 1 aliphatic heterocycles. The van der Waals surface area contributed by atoms with Crippen LogP contribution in [0.2, 0.25) is 0 Å². The monoisotopic (exact) mass is 306 g/mol. The highest BCUT2D eigenvalue weighted by molar-refractivity contribution is 7.15. The lowest BCUT2D eigenvalue weighted by molar-refractivity contribution is 0.0944. The minimum atomic E-state index is -0.342. The van der Waals surface area contributed by atoms with Gasteiger partial charge in [-0.05, 0) is 25.9 Å². The summed E-state index contributed by atoms with van der Waals surface area (Å²) in [6.45, 7) is 3.59. The van der Waals surface area contributed by atoms with E-state index in [-0.39, 0.29) is 17.0 Å². The van der Waals surface area contributed by atoms with Crippen LogP contribution in [0.4, 0.5) is 0 Å². The molecular weight excluding hydrogens is 288 g/mol. The van der Waals surface area contributed by atoms with Gasteiger partial charge in [-0.15, -0.1) is 11.3 Å². The number of aromatic nitrogens is 2. The second-order valence-electron chi connectivity index (χ2n) is 5.19. The van der Waals surface area contributed by atoms with Crippen LogP contribution < -0.4 is 10.9 Å². The van der Waals surface area contributed by atoms with Crippen molar-refractivity contribution in [2.24, 2.45) is 0 Å². The molecule has 1 fully saturated rings. The average molecular weight is 306 g/mol. The van der Waals surface area contributed by atoms with Crippen LogP contribution in [0.15, 0.2) is 22.6 Å². The smallest absolute Gasteiger partial charge is 0.271 e. The Balaban J connectivity index is 1.61. The molecule has 2 aromatic heterocycles. The summed E-state index contributed by atoms with van der Waals surface area (Å²) in [5.41, 5.74) is -0.207. The predicted octanol–water partition coefficient (Wildman–Crippen LogP) is 0.972. The summed E-state index contributed by atoms with van der Waals surface area (Å²) in [6.07, 6.45) is 6.76. The standard InChI is InChI=1S/C14H18N4O2S/c19-12(15-4-7-17-5-2-1-3-6-17)11-10-16-14-18(13(11)20)8-9-21-14/h8-10H,1-7H2,(H,15,19). The second kappa shape index (κ2) is 6.36. The van der Waals surface area contributed by atoms with Gasteiger partial charge in [0, 0.05) is 30.9 Å². The van der Waals surface area contributed by atoms with Crippen molar-refractivity contribution in [2.75, 3.05) is 26.2 Å². The van der Waals surface area contributed by atoms with Gasteiger partial charge in [0.2, 0.25) is 0 Å². The Labute approximate surface area is 126 Å². The van der Waals surface area contributed by atoms with Crippen molar-refractivity contribution in [1.29, 1.82) is 0 Å². The van der Waals surface area contributed by atoms with Gasteiger partial charge in [-0.25, -0.2) is 4.98 Å². The highest BCUT2D eigenvalue weighted by Gasteiger charge is 2.14. The van der Waals surface area contributed by atoms with E-state index in [1.54, 1.807) is 11.6 Å². The first-order chi connectivity index (χ1) is 10.3. The van der Waals surface area contributed by atoms with Crippen LogP contribution >= 0.6 is 11.3 Å². The Morgan fingerprint density at radius 2 is 2.14 bits per heavy atom. The molecule has 0 atom stereocenters. The lowest BCUT2D eigenvalue weighted by Gasteiger charge is -2.26. The molecule has 0 aliphatic carbocycles. The van der Waals surface area contributed by atoms with Gasteiger partial charge in [0.1, 0.15) is 5.56 Å². The van der Waals surface area contributed by atoms with Crippen molar-refractivity contribution < 1.29 is 4.79 Å². The highest BCUT2D eigenvalue weighted by Crippen LogP contribution is 2.07. The summed E-state index contributed by atoms with van der Waals surface area (Å²) in [6, 6.07) is 0. The first-order valence-electron chi connectivity index (χ1n) is 7.21. The Morgan fingerprint density at radius 1 is 1.33 bits per heavy atom. The van der Waals surface area contributed by atoms with Crippen LogP contribution in [-0.4, -0.2) is 46.4 Å². The van der Waals surface area contributed by atoms with Gasteiger partial charge in [-0.2, -0.15) is 0 Å². The van der Waals surface area contributed by atoms with Crippen molar-refractivity contribution >= 4 is 22.2 Å². The number of carbonyl (C=O) groups excluding carboxylic acids is 1. The fourth-order valence-electron chi connectivity index (χ4n) is 2.59. The molecule has 0 unspecified atom stereocenters. The normalized spacial score (nSPS) is 16.2. The van der Waals surface area contributed by atoms with E-state index in [0.29, 0.717) is 11.5 Å². The largest absolute Gasteiger partial charge is 0.351 e. The second-order valence-corrected chi connectivity index (χ2v) is 6.06. The van der Waals surface area contributed by atoms with Crippen LogP contribution in [0.1, 0.15) is 29.6 Å². The van der Waals surface area contributed by atoms with Crippen LogP contribution in [0.3, 0.4) is 0 Å². The van der Waals surface area contributed by atoms with Crippen LogP contribution in [0.25, 0.3) is 4.96 Å². The van der Waals surface area contributed by atoms with E-state index < -0.39 is 0 Å². The molecule has 1 amide bonds. The highest BCUT2D eigenvalue weighted by atomic mass is 32.1. The number of rotatable bonds is 4. The van der Waals surface area contributed by atoms with E-state index in [1.807, 2.05) is 0 Å². The molecule has 1 saturated heterocycles. The summed E-state index contributed by atoms with van der Waals surface area (Å²) in [5, 5.41) is 4.59. The Kier molecular flexibility index (Phi) is 4.31. The van der Waals surface area contributed by atoms with Crippen molar-refractivity contribution in [3.8, 4) is 0 Å². The van der Waals surface area contributed by atoms with Gasteiger partial charge in [-0.1, -0.05) is 6.42 Å². The van der Waals surface area contributed by atoms with Gasteiger partial charge in [0.05, 0.1) is 0 Å². The summed E-state index contributed by atoms with van der Waals surface area (Å²) < 4.78 is 1.41. The lowest BCUT2D eigenvalue weighted by atomic mass is 10.1. The molecule has 6 nitrogen and oxygen atoms in total. The van der Waals surface area contributed by atoms with Gasteiger partial charge in [0.15, 0.2) is 4.96 Å². The number of fused-ring (bicyclic) bond motifs is 1. The van der Waals surface area contributed by atoms with Crippen molar-refractivity contribution in [2.45, 2.75) is 19.3 Å². The molecule has 2 aromatic rings. The van der Waals surface area contributed by atoms with Crippen molar-refractivity contribution in [1.82, 2.24) is 19.6 Å². The summed E-state index contributed by atoms with van der Waals surface area (Å²) in [4.78, 5) is 31.3. The third-order valence-electron chi connectivity index (χ3n) is 3.75. The van der Waals surface area contributed by atoms with Crippen molar-refractivity contribution in [3.05, 3.63) is 33.7 Å². The first-order valence-corrected chi connectivity index (χ1v) is 8.09. The number of likely N-dealkylation sites (tertiary alicyclic amines) is 1. The maximum Gasteiger partial charge on any atom is 0.271 e. The molecular formula is C14H18N4O2S. The van der Waals surface area contributed by atoms with Gasteiger partial charge in [-0.3, -0.25) is 14.0 Å². The number of hydrogen-bond donors (Lipinski definition) is 1. The summed E-state index contributed by atoms with van der Waals surface area (Å²) in [5.74, 6) is -0.342. The minimum Gasteiger partial charge on any atom is -0.351 e. The van der Waals surface area contributed by atoms with Crippen LogP contribution in [-0.2, 0) is 0 Å². The Morgan fingerprint density at radius 3 is 2.95 bits per heavy atom. The van der Waals surface area contributed by atoms with E-state index in [4.69, 9.17) is 0 Å². The molecule has 0 radical (unpaired) electrons.